The van der Waals surface area contributed by atoms with Crippen LogP contribution in [0.15, 0.2) is 29.4 Å². The highest BCUT2D eigenvalue weighted by Gasteiger charge is 2.43. The highest BCUT2D eigenvalue weighted by molar-refractivity contribution is 7.99. The SMILES string of the molecule is NC(=O)C1(N)CCCC1CCSc1ccncc1. The molecular formula is C13H19N3OS. The highest BCUT2D eigenvalue weighted by Crippen LogP contribution is 2.37. The lowest BCUT2D eigenvalue weighted by Gasteiger charge is -2.27. The van der Waals surface area contributed by atoms with Crippen molar-refractivity contribution in [2.75, 3.05) is 5.75 Å². The fraction of sp³-hybridized carbons (Fsp3) is 0.538. The number of nitrogens with zero attached hydrogens (tertiary/aromatic N) is 1. The number of aromatic nitrogens is 1. The molecule has 0 saturated heterocycles. The summed E-state index contributed by atoms with van der Waals surface area (Å²) in [5.74, 6) is 0.837. The molecule has 2 atom stereocenters. The first-order valence-electron chi connectivity index (χ1n) is 6.24. The number of hydrogen-bond donors (Lipinski definition) is 2. The Morgan fingerprint density at radius 3 is 2.89 bits per heavy atom. The van der Waals surface area contributed by atoms with Crippen molar-refractivity contribution in [3.63, 3.8) is 0 Å². The maximum Gasteiger partial charge on any atom is 0.237 e. The molecule has 1 aromatic heterocycles. The van der Waals surface area contributed by atoms with Gasteiger partial charge in [0.25, 0.3) is 0 Å². The largest absolute Gasteiger partial charge is 0.368 e. The van der Waals surface area contributed by atoms with Crippen molar-refractivity contribution in [3.8, 4) is 0 Å². The lowest BCUT2D eigenvalue weighted by Crippen LogP contribution is -2.54. The van der Waals surface area contributed by atoms with Gasteiger partial charge in [0, 0.05) is 17.3 Å². The van der Waals surface area contributed by atoms with Crippen LogP contribution in [-0.2, 0) is 4.79 Å². The zero-order valence-corrected chi connectivity index (χ0v) is 11.2. The van der Waals surface area contributed by atoms with Gasteiger partial charge in [-0.1, -0.05) is 6.42 Å². The van der Waals surface area contributed by atoms with Crippen LogP contribution in [-0.4, -0.2) is 22.2 Å². The van der Waals surface area contributed by atoms with Gasteiger partial charge < -0.3 is 11.5 Å². The minimum atomic E-state index is -0.779. The first-order valence-corrected chi connectivity index (χ1v) is 7.23. The average Bonchev–Trinajstić information content (AvgIpc) is 2.74. The van der Waals surface area contributed by atoms with Crippen LogP contribution in [0.4, 0.5) is 0 Å². The number of nitrogens with two attached hydrogens (primary N) is 2. The normalized spacial score (nSPS) is 27.3. The zero-order chi connectivity index (χ0) is 13.0. The number of pyridine rings is 1. The number of carbonyl (C=O) groups excluding carboxylic acids is 1. The molecule has 4 N–H and O–H groups in total. The fourth-order valence-electron chi connectivity index (χ4n) is 2.58. The zero-order valence-electron chi connectivity index (χ0n) is 10.3. The summed E-state index contributed by atoms with van der Waals surface area (Å²) in [7, 11) is 0. The minimum Gasteiger partial charge on any atom is -0.368 e. The van der Waals surface area contributed by atoms with E-state index < -0.39 is 5.54 Å². The van der Waals surface area contributed by atoms with Gasteiger partial charge in [0.2, 0.25) is 5.91 Å². The first-order chi connectivity index (χ1) is 8.63. The van der Waals surface area contributed by atoms with Gasteiger partial charge in [0.1, 0.15) is 0 Å². The summed E-state index contributed by atoms with van der Waals surface area (Å²) < 4.78 is 0. The molecule has 18 heavy (non-hydrogen) atoms. The molecule has 1 saturated carbocycles. The minimum absolute atomic E-state index is 0.226. The van der Waals surface area contributed by atoms with Crippen molar-refractivity contribution in [2.24, 2.45) is 17.4 Å². The number of carbonyl (C=O) groups is 1. The molecular weight excluding hydrogens is 246 g/mol. The van der Waals surface area contributed by atoms with Crippen molar-refractivity contribution in [1.29, 1.82) is 0 Å². The van der Waals surface area contributed by atoms with E-state index in [1.54, 1.807) is 24.2 Å². The topological polar surface area (TPSA) is 82.0 Å². The Kier molecular flexibility index (Phi) is 4.24. The van der Waals surface area contributed by atoms with E-state index in [9.17, 15) is 4.79 Å². The first kappa shape index (κ1) is 13.4. The molecule has 0 spiro atoms. The van der Waals surface area contributed by atoms with E-state index in [1.165, 1.54) is 4.90 Å². The summed E-state index contributed by atoms with van der Waals surface area (Å²) in [6.45, 7) is 0. The van der Waals surface area contributed by atoms with Crippen molar-refractivity contribution < 1.29 is 4.79 Å². The third-order valence-corrected chi connectivity index (χ3v) is 4.76. The summed E-state index contributed by atoms with van der Waals surface area (Å²) in [6, 6.07) is 3.98. The standard InChI is InChI=1S/C13H19N3OS/c14-12(17)13(15)6-1-2-10(13)5-9-18-11-3-7-16-8-4-11/h3-4,7-8,10H,1-2,5-6,9,15H2,(H2,14,17). The van der Waals surface area contributed by atoms with Crippen LogP contribution >= 0.6 is 11.8 Å². The molecule has 1 heterocycles. The molecule has 1 fully saturated rings. The van der Waals surface area contributed by atoms with E-state index in [1.807, 2.05) is 12.1 Å². The van der Waals surface area contributed by atoms with E-state index in [4.69, 9.17) is 11.5 Å². The van der Waals surface area contributed by atoms with Gasteiger partial charge in [-0.3, -0.25) is 9.78 Å². The molecule has 0 bridgehead atoms. The fourth-order valence-corrected chi connectivity index (χ4v) is 3.53. The second-order valence-electron chi connectivity index (χ2n) is 4.81. The average molecular weight is 265 g/mol. The van der Waals surface area contributed by atoms with Gasteiger partial charge in [-0.05, 0) is 43.1 Å². The maximum absolute atomic E-state index is 11.4. The summed E-state index contributed by atoms with van der Waals surface area (Å²) in [4.78, 5) is 16.6. The van der Waals surface area contributed by atoms with Crippen molar-refractivity contribution >= 4 is 17.7 Å². The Balaban J connectivity index is 1.85. The number of thioether (sulfide) groups is 1. The van der Waals surface area contributed by atoms with Crippen molar-refractivity contribution in [3.05, 3.63) is 24.5 Å². The highest BCUT2D eigenvalue weighted by atomic mass is 32.2. The molecule has 98 valence electrons. The molecule has 4 nitrogen and oxygen atoms in total. The monoisotopic (exact) mass is 265 g/mol. The Bertz CT molecular complexity index is 412. The molecule has 1 amide bonds. The maximum atomic E-state index is 11.4. The summed E-state index contributed by atoms with van der Waals surface area (Å²) in [5.41, 5.74) is 10.8. The van der Waals surface area contributed by atoms with Gasteiger partial charge in [-0.25, -0.2) is 0 Å². The number of rotatable bonds is 5. The van der Waals surface area contributed by atoms with Gasteiger partial charge in [-0.15, -0.1) is 11.8 Å². The Labute approximate surface area is 112 Å². The van der Waals surface area contributed by atoms with Crippen LogP contribution in [0.25, 0.3) is 0 Å². The van der Waals surface area contributed by atoms with E-state index in [0.29, 0.717) is 0 Å². The predicted molar refractivity (Wildman–Crippen MR) is 73.0 cm³/mol. The van der Waals surface area contributed by atoms with Gasteiger partial charge in [-0.2, -0.15) is 0 Å². The molecule has 1 aliphatic carbocycles. The van der Waals surface area contributed by atoms with Crippen molar-refractivity contribution in [1.82, 2.24) is 4.98 Å². The quantitative estimate of drug-likeness (QED) is 0.791. The molecule has 1 aromatic rings. The lowest BCUT2D eigenvalue weighted by molar-refractivity contribution is -0.124. The lowest BCUT2D eigenvalue weighted by atomic mass is 9.85. The second-order valence-corrected chi connectivity index (χ2v) is 5.98. The Morgan fingerprint density at radius 2 is 2.22 bits per heavy atom. The molecule has 0 aliphatic heterocycles. The van der Waals surface area contributed by atoms with Crippen LogP contribution in [0.2, 0.25) is 0 Å². The summed E-state index contributed by atoms with van der Waals surface area (Å²) in [6.07, 6.45) is 7.25. The molecule has 2 rings (SSSR count). The number of primary amides is 1. The summed E-state index contributed by atoms with van der Waals surface area (Å²) in [5, 5.41) is 0. The smallest absolute Gasteiger partial charge is 0.237 e. The predicted octanol–water partition coefficient (Wildman–Crippen LogP) is 1.55. The number of amides is 1. The van der Waals surface area contributed by atoms with E-state index in [2.05, 4.69) is 4.98 Å². The van der Waals surface area contributed by atoms with E-state index in [0.717, 1.165) is 31.4 Å². The third kappa shape index (κ3) is 2.84. The van der Waals surface area contributed by atoms with Crippen LogP contribution in [0, 0.1) is 5.92 Å². The molecule has 0 aromatic carbocycles. The number of hydrogen-bond acceptors (Lipinski definition) is 4. The molecule has 5 heteroatoms. The van der Waals surface area contributed by atoms with Gasteiger partial charge in [0.05, 0.1) is 5.54 Å². The molecule has 0 radical (unpaired) electrons. The molecule has 2 unspecified atom stereocenters. The van der Waals surface area contributed by atoms with Gasteiger partial charge >= 0.3 is 0 Å². The Morgan fingerprint density at radius 1 is 1.50 bits per heavy atom. The van der Waals surface area contributed by atoms with Gasteiger partial charge in [0.15, 0.2) is 0 Å². The van der Waals surface area contributed by atoms with Crippen molar-refractivity contribution in [2.45, 2.75) is 36.1 Å². The van der Waals surface area contributed by atoms with E-state index in [-0.39, 0.29) is 11.8 Å². The Hall–Kier alpha value is -1.07. The summed E-state index contributed by atoms with van der Waals surface area (Å²) >= 11 is 1.77. The second kappa shape index (κ2) is 5.71. The van der Waals surface area contributed by atoms with Crippen LogP contribution < -0.4 is 11.5 Å². The van der Waals surface area contributed by atoms with Crippen LogP contribution in [0.1, 0.15) is 25.7 Å². The molecule has 1 aliphatic rings. The van der Waals surface area contributed by atoms with Crippen LogP contribution in [0.3, 0.4) is 0 Å². The van der Waals surface area contributed by atoms with Crippen LogP contribution in [0.5, 0.6) is 0 Å². The third-order valence-electron chi connectivity index (χ3n) is 3.72. The van der Waals surface area contributed by atoms with E-state index >= 15 is 0 Å².